The average Bonchev–Trinajstić information content (AvgIpc) is 2.60. The second-order valence-electron chi connectivity index (χ2n) is 2.67. The van der Waals surface area contributed by atoms with Gasteiger partial charge in [-0.1, -0.05) is 11.6 Å². The fourth-order valence-electron chi connectivity index (χ4n) is 1.20. The lowest BCUT2D eigenvalue weighted by Crippen LogP contribution is -1.94. The summed E-state index contributed by atoms with van der Waals surface area (Å²) in [6.45, 7) is 0. The molecule has 0 radical (unpaired) electrons. The van der Waals surface area contributed by atoms with Gasteiger partial charge in [0.25, 0.3) is 0 Å². The summed E-state index contributed by atoms with van der Waals surface area (Å²) in [4.78, 5) is 0.971. The third kappa shape index (κ3) is 1.32. The highest BCUT2D eigenvalue weighted by Crippen LogP contribution is 2.35. The summed E-state index contributed by atoms with van der Waals surface area (Å²) in [7, 11) is 1.85. The molecule has 68 valence electrons. The van der Waals surface area contributed by atoms with Gasteiger partial charge in [0.2, 0.25) is 0 Å². The predicted molar refractivity (Wildman–Crippen MR) is 55.9 cm³/mol. The quantitative estimate of drug-likeness (QED) is 0.791. The molecule has 3 nitrogen and oxygen atoms in total. The number of aryl methyl sites for hydroxylation is 1. The molecule has 0 aromatic carbocycles. The maximum Gasteiger partial charge on any atom is 0.102 e. The van der Waals surface area contributed by atoms with E-state index in [1.54, 1.807) is 22.2 Å². The van der Waals surface area contributed by atoms with E-state index >= 15 is 0 Å². The molecule has 13 heavy (non-hydrogen) atoms. The van der Waals surface area contributed by atoms with Crippen LogP contribution in [0.4, 0.5) is 5.69 Å². The summed E-state index contributed by atoms with van der Waals surface area (Å²) in [5.74, 6) is 0. The molecule has 0 aliphatic rings. The van der Waals surface area contributed by atoms with E-state index in [9.17, 15) is 0 Å². The Morgan fingerprint density at radius 2 is 2.38 bits per heavy atom. The molecule has 0 saturated carbocycles. The van der Waals surface area contributed by atoms with Crippen LogP contribution < -0.4 is 5.73 Å². The monoisotopic (exact) mass is 213 g/mol. The maximum atomic E-state index is 5.99. The van der Waals surface area contributed by atoms with Crippen molar-refractivity contribution < 1.29 is 0 Å². The molecule has 0 amide bonds. The summed E-state index contributed by atoms with van der Waals surface area (Å²) < 4.78 is 1.73. The first kappa shape index (κ1) is 8.59. The third-order valence-corrected chi connectivity index (χ3v) is 3.15. The average molecular weight is 214 g/mol. The Morgan fingerprint density at radius 3 is 2.85 bits per heavy atom. The van der Waals surface area contributed by atoms with Crippen LogP contribution in [0.2, 0.25) is 5.02 Å². The molecule has 2 rings (SSSR count). The summed E-state index contributed by atoms with van der Waals surface area (Å²) in [5, 5.41) is 6.71. The smallest absolute Gasteiger partial charge is 0.102 e. The predicted octanol–water partition coefficient (Wildman–Crippen LogP) is 2.38. The molecule has 0 aliphatic carbocycles. The van der Waals surface area contributed by atoms with Crippen molar-refractivity contribution in [2.24, 2.45) is 7.05 Å². The van der Waals surface area contributed by atoms with Crippen molar-refractivity contribution in [1.29, 1.82) is 0 Å². The lowest BCUT2D eigenvalue weighted by Gasteiger charge is -2.00. The highest BCUT2D eigenvalue weighted by molar-refractivity contribution is 7.14. The van der Waals surface area contributed by atoms with Gasteiger partial charge in [-0.15, -0.1) is 11.3 Å². The van der Waals surface area contributed by atoms with Crippen molar-refractivity contribution in [3.8, 4) is 10.6 Å². The van der Waals surface area contributed by atoms with Crippen LogP contribution in [0.15, 0.2) is 17.6 Å². The molecule has 0 fully saturated rings. The van der Waals surface area contributed by atoms with E-state index in [1.165, 1.54) is 0 Å². The molecule has 2 aromatic heterocycles. The molecule has 0 bridgehead atoms. The van der Waals surface area contributed by atoms with Gasteiger partial charge in [0.05, 0.1) is 21.8 Å². The first-order valence-corrected chi connectivity index (χ1v) is 4.96. The number of anilines is 1. The second-order valence-corrected chi connectivity index (χ2v) is 3.99. The normalized spacial score (nSPS) is 10.6. The van der Waals surface area contributed by atoms with E-state index in [4.69, 9.17) is 17.3 Å². The van der Waals surface area contributed by atoms with Crippen LogP contribution in [0.1, 0.15) is 0 Å². The first-order valence-electron chi connectivity index (χ1n) is 3.71. The molecule has 0 atom stereocenters. The molecule has 0 spiro atoms. The Balaban J connectivity index is 2.64. The van der Waals surface area contributed by atoms with E-state index < -0.39 is 0 Å². The second kappa shape index (κ2) is 3.05. The van der Waals surface area contributed by atoms with Crippen LogP contribution in [-0.2, 0) is 7.05 Å². The number of hydrogen-bond acceptors (Lipinski definition) is 3. The number of nitrogens with zero attached hydrogens (tertiary/aromatic N) is 2. The molecule has 0 saturated heterocycles. The zero-order valence-electron chi connectivity index (χ0n) is 6.99. The summed E-state index contributed by atoms with van der Waals surface area (Å²) in [5.41, 5.74) is 7.31. The molecule has 0 unspecified atom stereocenters. The Labute approximate surface area is 84.7 Å². The van der Waals surface area contributed by atoms with Crippen molar-refractivity contribution in [2.45, 2.75) is 0 Å². The summed E-state index contributed by atoms with van der Waals surface area (Å²) in [6, 6.07) is 1.86. The number of nitrogens with two attached hydrogens (primary N) is 1. The van der Waals surface area contributed by atoms with Gasteiger partial charge >= 0.3 is 0 Å². The van der Waals surface area contributed by atoms with Gasteiger partial charge < -0.3 is 5.73 Å². The minimum Gasteiger partial charge on any atom is -0.396 e. The van der Waals surface area contributed by atoms with E-state index in [1.807, 2.05) is 18.5 Å². The minimum absolute atomic E-state index is 0.659. The fraction of sp³-hybridized carbons (Fsp3) is 0.125. The number of aromatic nitrogens is 2. The highest BCUT2D eigenvalue weighted by atomic mass is 35.5. The third-order valence-electron chi connectivity index (χ3n) is 1.80. The molecule has 5 heteroatoms. The van der Waals surface area contributed by atoms with Crippen LogP contribution in [0.5, 0.6) is 0 Å². The maximum absolute atomic E-state index is 5.99. The van der Waals surface area contributed by atoms with Crippen LogP contribution >= 0.6 is 22.9 Å². The minimum atomic E-state index is 0.659. The van der Waals surface area contributed by atoms with E-state index in [0.29, 0.717) is 5.69 Å². The first-order chi connectivity index (χ1) is 6.20. The van der Waals surface area contributed by atoms with Gasteiger partial charge in [-0.2, -0.15) is 5.10 Å². The zero-order chi connectivity index (χ0) is 9.42. The van der Waals surface area contributed by atoms with Crippen LogP contribution in [-0.4, -0.2) is 9.78 Å². The van der Waals surface area contributed by atoms with E-state index in [-0.39, 0.29) is 0 Å². The Kier molecular flexibility index (Phi) is 2.01. The van der Waals surface area contributed by atoms with Gasteiger partial charge in [0.1, 0.15) is 5.69 Å². The molecular weight excluding hydrogens is 206 g/mol. The van der Waals surface area contributed by atoms with Gasteiger partial charge in [-0.3, -0.25) is 4.68 Å². The Bertz CT molecular complexity index is 413. The van der Waals surface area contributed by atoms with Crippen LogP contribution in [0.25, 0.3) is 10.6 Å². The van der Waals surface area contributed by atoms with E-state index in [0.717, 1.165) is 15.6 Å². The van der Waals surface area contributed by atoms with Gasteiger partial charge in [-0.05, 0) is 11.4 Å². The van der Waals surface area contributed by atoms with Crippen molar-refractivity contribution in [3.05, 3.63) is 22.7 Å². The topological polar surface area (TPSA) is 43.8 Å². The molecule has 0 aliphatic heterocycles. The fourth-order valence-corrected chi connectivity index (χ4v) is 2.44. The lowest BCUT2D eigenvalue weighted by molar-refractivity contribution is 0.777. The SMILES string of the molecule is Cn1ncc(N)c1-c1sccc1Cl. The number of thiophene rings is 1. The number of nitrogen functional groups attached to an aromatic ring is 1. The summed E-state index contributed by atoms with van der Waals surface area (Å²) >= 11 is 7.55. The van der Waals surface area contributed by atoms with Gasteiger partial charge in [-0.25, -0.2) is 0 Å². The van der Waals surface area contributed by atoms with Gasteiger partial charge in [0.15, 0.2) is 0 Å². The lowest BCUT2D eigenvalue weighted by atomic mass is 10.3. The highest BCUT2D eigenvalue weighted by Gasteiger charge is 2.12. The number of halogens is 1. The molecule has 2 aromatic rings. The number of rotatable bonds is 1. The van der Waals surface area contributed by atoms with Crippen molar-refractivity contribution in [1.82, 2.24) is 9.78 Å². The van der Waals surface area contributed by atoms with Crippen molar-refractivity contribution in [2.75, 3.05) is 5.73 Å². The largest absolute Gasteiger partial charge is 0.396 e. The molecule has 2 N–H and O–H groups in total. The van der Waals surface area contributed by atoms with Crippen molar-refractivity contribution >= 4 is 28.6 Å². The number of hydrogen-bond donors (Lipinski definition) is 1. The molecular formula is C8H8ClN3S. The molecule has 2 heterocycles. The summed E-state index contributed by atoms with van der Waals surface area (Å²) in [6.07, 6.45) is 1.63. The Morgan fingerprint density at radius 1 is 1.62 bits per heavy atom. The standard InChI is InChI=1S/C8H8ClN3S/c1-12-7(6(10)4-11-12)8-5(9)2-3-13-8/h2-4H,10H2,1H3. The van der Waals surface area contributed by atoms with Crippen molar-refractivity contribution in [3.63, 3.8) is 0 Å². The van der Waals surface area contributed by atoms with Gasteiger partial charge in [0, 0.05) is 7.05 Å². The Hall–Kier alpha value is -1.00. The van der Waals surface area contributed by atoms with Crippen LogP contribution in [0, 0.1) is 0 Å². The zero-order valence-corrected chi connectivity index (χ0v) is 8.56. The van der Waals surface area contributed by atoms with E-state index in [2.05, 4.69) is 5.10 Å². The van der Waals surface area contributed by atoms with Crippen LogP contribution in [0.3, 0.4) is 0 Å².